The predicted octanol–water partition coefficient (Wildman–Crippen LogP) is 5.53. The summed E-state index contributed by atoms with van der Waals surface area (Å²) in [5.41, 5.74) is 1.78. The van der Waals surface area contributed by atoms with Crippen LogP contribution in [0.5, 0.6) is 0 Å². The monoisotopic (exact) mass is 369 g/mol. The molecule has 4 heteroatoms. The summed E-state index contributed by atoms with van der Waals surface area (Å²) in [7, 11) is 0. The van der Waals surface area contributed by atoms with Gasteiger partial charge in [-0.05, 0) is 53.0 Å². The molecule has 0 fully saturated rings. The van der Waals surface area contributed by atoms with Gasteiger partial charge < -0.3 is 5.32 Å². The molecule has 0 saturated carbocycles. The first-order valence-electron chi connectivity index (χ1n) is 7.03. The molecule has 0 aliphatic rings. The van der Waals surface area contributed by atoms with Crippen LogP contribution < -0.4 is 5.32 Å². The van der Waals surface area contributed by atoms with Crippen molar-refractivity contribution in [2.75, 3.05) is 6.54 Å². The minimum atomic E-state index is -0.240. The Bertz CT molecular complexity index is 589. The first kappa shape index (κ1) is 16.5. The van der Waals surface area contributed by atoms with Gasteiger partial charge in [0.25, 0.3) is 0 Å². The van der Waals surface area contributed by atoms with Crippen molar-refractivity contribution >= 4 is 27.5 Å². The topological polar surface area (TPSA) is 12.0 Å². The largest absolute Gasteiger partial charge is 0.310 e. The highest BCUT2D eigenvalue weighted by Crippen LogP contribution is 2.30. The van der Waals surface area contributed by atoms with Crippen molar-refractivity contribution in [3.05, 3.63) is 68.9 Å². The average molecular weight is 371 g/mol. The van der Waals surface area contributed by atoms with E-state index in [9.17, 15) is 4.39 Å². The Labute approximate surface area is 138 Å². The molecular formula is C17H18BrClFN. The molecule has 112 valence electrons. The number of hydrogen-bond acceptors (Lipinski definition) is 1. The number of nitrogens with one attached hydrogen (secondary N) is 1. The van der Waals surface area contributed by atoms with E-state index in [-0.39, 0.29) is 11.9 Å². The third-order valence-electron chi connectivity index (χ3n) is 3.34. The zero-order valence-corrected chi connectivity index (χ0v) is 14.2. The Hall–Kier alpha value is -0.900. The van der Waals surface area contributed by atoms with Gasteiger partial charge in [0.2, 0.25) is 0 Å². The fourth-order valence-corrected chi connectivity index (χ4v) is 2.75. The summed E-state index contributed by atoms with van der Waals surface area (Å²) in [6.45, 7) is 2.93. The molecule has 1 nitrogen and oxygen atoms in total. The van der Waals surface area contributed by atoms with Crippen LogP contribution >= 0.6 is 27.5 Å². The summed E-state index contributed by atoms with van der Waals surface area (Å²) in [6.07, 6.45) is 1.73. The minimum absolute atomic E-state index is 0.0852. The molecule has 0 aliphatic carbocycles. The second-order valence-electron chi connectivity index (χ2n) is 4.98. The Morgan fingerprint density at radius 1 is 1.24 bits per heavy atom. The fraction of sp³-hybridized carbons (Fsp3) is 0.294. The molecule has 2 rings (SSSR count). The van der Waals surface area contributed by atoms with Gasteiger partial charge in [0.15, 0.2) is 0 Å². The second kappa shape index (κ2) is 7.92. The van der Waals surface area contributed by atoms with Gasteiger partial charge in [0, 0.05) is 16.1 Å². The Morgan fingerprint density at radius 3 is 2.62 bits per heavy atom. The van der Waals surface area contributed by atoms with E-state index < -0.39 is 0 Å². The van der Waals surface area contributed by atoms with Crippen LogP contribution in [0.15, 0.2) is 46.9 Å². The van der Waals surface area contributed by atoms with Crippen LogP contribution in [-0.4, -0.2) is 6.54 Å². The maximum Gasteiger partial charge on any atom is 0.129 e. The van der Waals surface area contributed by atoms with E-state index in [1.54, 1.807) is 6.07 Å². The molecule has 2 aromatic carbocycles. The first-order valence-corrected chi connectivity index (χ1v) is 8.20. The summed E-state index contributed by atoms with van der Waals surface area (Å²) in [5.74, 6) is -0.240. The van der Waals surface area contributed by atoms with Crippen LogP contribution in [0.1, 0.15) is 30.5 Å². The van der Waals surface area contributed by atoms with Crippen molar-refractivity contribution in [2.45, 2.75) is 25.8 Å². The highest BCUT2D eigenvalue weighted by Gasteiger charge is 2.17. The van der Waals surface area contributed by atoms with Gasteiger partial charge in [-0.1, -0.05) is 48.9 Å². The maximum absolute atomic E-state index is 14.3. The third kappa shape index (κ3) is 4.53. The first-order chi connectivity index (χ1) is 10.1. The lowest BCUT2D eigenvalue weighted by molar-refractivity contribution is 0.497. The number of benzene rings is 2. The van der Waals surface area contributed by atoms with Crippen LogP contribution in [0.25, 0.3) is 0 Å². The normalized spacial score (nSPS) is 12.4. The number of hydrogen-bond donors (Lipinski definition) is 1. The summed E-state index contributed by atoms with van der Waals surface area (Å²) in [5, 5.41) is 3.94. The van der Waals surface area contributed by atoms with Crippen LogP contribution in [0, 0.1) is 5.82 Å². The van der Waals surface area contributed by atoms with Gasteiger partial charge in [-0.3, -0.25) is 0 Å². The van der Waals surface area contributed by atoms with Crippen molar-refractivity contribution in [3.8, 4) is 0 Å². The molecule has 0 amide bonds. The molecule has 0 saturated heterocycles. The van der Waals surface area contributed by atoms with Crippen LogP contribution in [-0.2, 0) is 6.42 Å². The van der Waals surface area contributed by atoms with Crippen molar-refractivity contribution in [3.63, 3.8) is 0 Å². The maximum atomic E-state index is 14.3. The molecule has 0 aromatic heterocycles. The Morgan fingerprint density at radius 2 is 1.95 bits per heavy atom. The summed E-state index contributed by atoms with van der Waals surface area (Å²) >= 11 is 9.38. The van der Waals surface area contributed by atoms with Crippen molar-refractivity contribution in [1.29, 1.82) is 0 Å². The average Bonchev–Trinajstić information content (AvgIpc) is 2.48. The van der Waals surface area contributed by atoms with Gasteiger partial charge in [0.1, 0.15) is 5.82 Å². The van der Waals surface area contributed by atoms with Gasteiger partial charge in [-0.25, -0.2) is 4.39 Å². The standard InChI is InChI=1S/C17H18BrClFN/c1-2-8-21-17(9-12-6-4-3-5-7-12)13-10-15(19)14(18)11-16(13)20/h3-7,10-11,17,21H,2,8-9H2,1H3. The molecule has 0 bridgehead atoms. The van der Waals surface area contributed by atoms with Gasteiger partial charge in [0.05, 0.1) is 5.02 Å². The molecule has 1 N–H and O–H groups in total. The van der Waals surface area contributed by atoms with E-state index in [1.165, 1.54) is 11.6 Å². The Balaban J connectivity index is 2.29. The van der Waals surface area contributed by atoms with Crippen LogP contribution in [0.2, 0.25) is 5.02 Å². The van der Waals surface area contributed by atoms with Crippen molar-refractivity contribution < 1.29 is 4.39 Å². The second-order valence-corrected chi connectivity index (χ2v) is 6.25. The molecule has 0 spiro atoms. The van der Waals surface area contributed by atoms with E-state index in [1.807, 2.05) is 18.2 Å². The zero-order valence-electron chi connectivity index (χ0n) is 11.9. The van der Waals surface area contributed by atoms with Crippen molar-refractivity contribution in [2.24, 2.45) is 0 Å². The molecule has 0 aliphatic heterocycles. The van der Waals surface area contributed by atoms with Crippen LogP contribution in [0.4, 0.5) is 4.39 Å². The van der Waals surface area contributed by atoms with E-state index in [0.717, 1.165) is 19.4 Å². The molecule has 0 heterocycles. The quantitative estimate of drug-likeness (QED) is 0.660. The molecular weight excluding hydrogens is 353 g/mol. The summed E-state index contributed by atoms with van der Waals surface area (Å²) in [6, 6.07) is 13.1. The lowest BCUT2D eigenvalue weighted by atomic mass is 9.98. The highest BCUT2D eigenvalue weighted by atomic mass is 79.9. The number of rotatable bonds is 6. The lowest BCUT2D eigenvalue weighted by Gasteiger charge is -2.20. The molecule has 21 heavy (non-hydrogen) atoms. The molecule has 2 aromatic rings. The number of halogens is 3. The van der Waals surface area contributed by atoms with Crippen LogP contribution in [0.3, 0.4) is 0 Å². The predicted molar refractivity (Wildman–Crippen MR) is 90.3 cm³/mol. The van der Waals surface area contributed by atoms with E-state index in [0.29, 0.717) is 15.1 Å². The summed E-state index contributed by atoms with van der Waals surface area (Å²) in [4.78, 5) is 0. The van der Waals surface area contributed by atoms with Gasteiger partial charge in [-0.15, -0.1) is 0 Å². The van der Waals surface area contributed by atoms with Gasteiger partial charge in [-0.2, -0.15) is 0 Å². The zero-order chi connectivity index (χ0) is 15.2. The lowest BCUT2D eigenvalue weighted by Crippen LogP contribution is -2.25. The minimum Gasteiger partial charge on any atom is -0.310 e. The van der Waals surface area contributed by atoms with E-state index >= 15 is 0 Å². The molecule has 0 radical (unpaired) electrons. The molecule has 1 atom stereocenters. The Kier molecular flexibility index (Phi) is 6.22. The fourth-order valence-electron chi connectivity index (χ4n) is 2.27. The highest BCUT2D eigenvalue weighted by molar-refractivity contribution is 9.10. The SMILES string of the molecule is CCCNC(Cc1ccccc1)c1cc(Cl)c(Br)cc1F. The van der Waals surface area contributed by atoms with Crippen molar-refractivity contribution in [1.82, 2.24) is 5.32 Å². The third-order valence-corrected chi connectivity index (χ3v) is 4.54. The summed E-state index contributed by atoms with van der Waals surface area (Å²) < 4.78 is 14.9. The smallest absolute Gasteiger partial charge is 0.129 e. The molecule has 1 unspecified atom stereocenters. The van der Waals surface area contributed by atoms with E-state index in [4.69, 9.17) is 11.6 Å². The van der Waals surface area contributed by atoms with E-state index in [2.05, 4.69) is 40.3 Å². The van der Waals surface area contributed by atoms with Gasteiger partial charge >= 0.3 is 0 Å².